The fraction of sp³-hybridized carbons (Fsp3) is 0.533. The monoisotopic (exact) mass is 199 g/mol. The predicted octanol–water partition coefficient (Wildman–Crippen LogP) is 3.15. The third kappa shape index (κ3) is 7.73. The van der Waals surface area contributed by atoms with Crippen molar-refractivity contribution in [3.63, 3.8) is 0 Å². The van der Waals surface area contributed by atoms with Crippen LogP contribution in [0.3, 0.4) is 0 Å². The average Bonchev–Trinajstić information content (AvgIpc) is 2.18. The molecule has 15 heavy (non-hydrogen) atoms. The molecule has 0 amide bonds. The lowest BCUT2D eigenvalue weighted by Gasteiger charge is -2.08. The Labute approximate surface area is 94.8 Å². The molecule has 0 saturated carbocycles. The van der Waals surface area contributed by atoms with Crippen molar-refractivity contribution in [1.29, 1.82) is 0 Å². The van der Waals surface area contributed by atoms with Crippen LogP contribution in [0.15, 0.2) is 0 Å². The fourth-order valence-corrected chi connectivity index (χ4v) is 1.24. The Kier molecular flexibility index (Phi) is 7.32. The molecule has 0 saturated heterocycles. The van der Waals surface area contributed by atoms with Gasteiger partial charge in [0.1, 0.15) is 0 Å². The summed E-state index contributed by atoms with van der Waals surface area (Å²) in [5, 5.41) is 0. The van der Waals surface area contributed by atoms with Crippen LogP contribution in [0.25, 0.3) is 0 Å². The van der Waals surface area contributed by atoms with Crippen LogP contribution >= 0.6 is 0 Å². The summed E-state index contributed by atoms with van der Waals surface area (Å²) in [4.78, 5) is 0. The van der Waals surface area contributed by atoms with E-state index in [-0.39, 0.29) is 11.8 Å². The van der Waals surface area contributed by atoms with Crippen molar-refractivity contribution in [2.45, 2.75) is 34.1 Å². The first-order chi connectivity index (χ1) is 7.10. The first-order valence-corrected chi connectivity index (χ1v) is 5.32. The van der Waals surface area contributed by atoms with E-state index in [2.05, 4.69) is 42.9 Å². The van der Waals surface area contributed by atoms with E-state index < -0.39 is 0 Å². The van der Waals surface area contributed by atoms with Crippen molar-refractivity contribution in [1.82, 2.24) is 0 Å². The molecule has 0 nitrogen and oxygen atoms in total. The van der Waals surface area contributed by atoms with Crippen LogP contribution in [0.1, 0.15) is 34.1 Å². The van der Waals surface area contributed by atoms with Crippen molar-refractivity contribution >= 4 is 0 Å². The molecule has 0 fully saturated rings. The highest BCUT2D eigenvalue weighted by Crippen LogP contribution is 2.12. The molecule has 0 aromatic rings. The molecule has 0 N–H and O–H groups in total. The van der Waals surface area contributed by atoms with Crippen LogP contribution in [0, 0.1) is 60.2 Å². The van der Waals surface area contributed by atoms with Gasteiger partial charge >= 0.3 is 0 Å². The van der Waals surface area contributed by atoms with Crippen LogP contribution in [0.5, 0.6) is 0 Å². The SMILES string of the molecule is C#CC(C)[CH]C(C)CC#CC(C)C#CC. The smallest absolute Gasteiger partial charge is 0.0783 e. The third-order valence-electron chi connectivity index (χ3n) is 1.98. The predicted molar refractivity (Wildman–Crippen MR) is 66.5 cm³/mol. The Morgan fingerprint density at radius 2 is 1.87 bits per heavy atom. The van der Waals surface area contributed by atoms with Crippen LogP contribution in [-0.4, -0.2) is 0 Å². The molecule has 79 valence electrons. The lowest BCUT2D eigenvalue weighted by Crippen LogP contribution is -2.01. The Morgan fingerprint density at radius 3 is 2.40 bits per heavy atom. The molecule has 0 aliphatic heterocycles. The van der Waals surface area contributed by atoms with Gasteiger partial charge in [0, 0.05) is 12.3 Å². The summed E-state index contributed by atoms with van der Waals surface area (Å²) in [7, 11) is 0. The second kappa shape index (κ2) is 8.03. The molecule has 0 aliphatic rings. The van der Waals surface area contributed by atoms with Crippen molar-refractivity contribution in [3.8, 4) is 36.0 Å². The highest BCUT2D eigenvalue weighted by Gasteiger charge is 2.04. The van der Waals surface area contributed by atoms with E-state index >= 15 is 0 Å². The third-order valence-corrected chi connectivity index (χ3v) is 1.98. The van der Waals surface area contributed by atoms with Gasteiger partial charge in [-0.15, -0.1) is 24.2 Å². The molecule has 0 spiro atoms. The van der Waals surface area contributed by atoms with E-state index in [0.717, 1.165) is 6.42 Å². The first-order valence-electron chi connectivity index (χ1n) is 5.32. The summed E-state index contributed by atoms with van der Waals surface area (Å²) < 4.78 is 0. The van der Waals surface area contributed by atoms with Crippen LogP contribution < -0.4 is 0 Å². The number of hydrogen-bond donors (Lipinski definition) is 0. The Hall–Kier alpha value is -1.32. The van der Waals surface area contributed by atoms with Gasteiger partial charge in [-0.2, -0.15) is 0 Å². The molecule has 0 aliphatic carbocycles. The van der Waals surface area contributed by atoms with Crippen molar-refractivity contribution in [2.75, 3.05) is 0 Å². The zero-order chi connectivity index (χ0) is 11.7. The maximum atomic E-state index is 5.30. The maximum Gasteiger partial charge on any atom is 0.0783 e. The van der Waals surface area contributed by atoms with Crippen LogP contribution in [0.4, 0.5) is 0 Å². The summed E-state index contributed by atoms with van der Waals surface area (Å²) in [5.74, 6) is 15.7. The molecule has 3 unspecified atom stereocenters. The lowest BCUT2D eigenvalue weighted by atomic mass is 9.95. The van der Waals surface area contributed by atoms with Gasteiger partial charge in [-0.1, -0.05) is 25.7 Å². The fourth-order valence-electron chi connectivity index (χ4n) is 1.24. The molecule has 3 atom stereocenters. The minimum atomic E-state index is 0.173. The van der Waals surface area contributed by atoms with Gasteiger partial charge < -0.3 is 0 Å². The normalized spacial score (nSPS) is 14.6. The van der Waals surface area contributed by atoms with E-state index in [1.54, 1.807) is 0 Å². The average molecular weight is 199 g/mol. The molecule has 0 rings (SSSR count). The summed E-state index contributed by atoms with van der Waals surface area (Å²) in [5.41, 5.74) is 0. The molecule has 0 aromatic heterocycles. The van der Waals surface area contributed by atoms with Gasteiger partial charge in [0.2, 0.25) is 0 Å². The summed E-state index contributed by atoms with van der Waals surface area (Å²) in [6.07, 6.45) is 8.32. The van der Waals surface area contributed by atoms with E-state index in [9.17, 15) is 0 Å². The van der Waals surface area contributed by atoms with Gasteiger partial charge in [0.25, 0.3) is 0 Å². The number of terminal acetylenes is 1. The second-order valence-corrected chi connectivity index (χ2v) is 3.77. The van der Waals surface area contributed by atoms with E-state index in [1.165, 1.54) is 0 Å². The van der Waals surface area contributed by atoms with E-state index in [1.807, 2.05) is 20.8 Å². The van der Waals surface area contributed by atoms with Crippen molar-refractivity contribution < 1.29 is 0 Å². The molecular weight excluding hydrogens is 180 g/mol. The Morgan fingerprint density at radius 1 is 1.20 bits per heavy atom. The Bertz CT molecular complexity index is 321. The minimum Gasteiger partial charge on any atom is -0.120 e. The van der Waals surface area contributed by atoms with Gasteiger partial charge in [0.05, 0.1) is 5.92 Å². The summed E-state index contributed by atoms with van der Waals surface area (Å²) >= 11 is 0. The quantitative estimate of drug-likeness (QED) is 0.612. The molecule has 0 heteroatoms. The number of rotatable bonds is 3. The topological polar surface area (TPSA) is 0 Å². The standard InChI is InChI=1S/C15H19/c1-6-9-14(4)10-8-11-15(5)12-13(3)7-2/h2,12-15H,11H2,1,3-5H3. The highest BCUT2D eigenvalue weighted by atomic mass is 14.1. The largest absolute Gasteiger partial charge is 0.120 e. The van der Waals surface area contributed by atoms with Gasteiger partial charge in [-0.3, -0.25) is 0 Å². The molecule has 0 aromatic carbocycles. The summed E-state index contributed by atoms with van der Waals surface area (Å²) in [6, 6.07) is 0. The van der Waals surface area contributed by atoms with Crippen LogP contribution in [0.2, 0.25) is 0 Å². The highest BCUT2D eigenvalue weighted by molar-refractivity contribution is 5.16. The zero-order valence-electron chi connectivity index (χ0n) is 10.1. The van der Waals surface area contributed by atoms with E-state index in [4.69, 9.17) is 6.42 Å². The van der Waals surface area contributed by atoms with Crippen molar-refractivity contribution in [3.05, 3.63) is 6.42 Å². The van der Waals surface area contributed by atoms with Gasteiger partial charge in [-0.05, 0) is 26.2 Å². The molecule has 0 heterocycles. The van der Waals surface area contributed by atoms with E-state index in [0.29, 0.717) is 5.92 Å². The molecular formula is C15H19. The van der Waals surface area contributed by atoms with Crippen LogP contribution in [-0.2, 0) is 0 Å². The van der Waals surface area contributed by atoms with Gasteiger partial charge in [-0.25, -0.2) is 0 Å². The molecule has 1 radical (unpaired) electrons. The maximum absolute atomic E-state index is 5.30. The molecule has 0 bridgehead atoms. The number of hydrogen-bond acceptors (Lipinski definition) is 0. The first kappa shape index (κ1) is 13.7. The minimum absolute atomic E-state index is 0.173. The zero-order valence-corrected chi connectivity index (χ0v) is 10.1. The second-order valence-electron chi connectivity index (χ2n) is 3.77. The summed E-state index contributed by atoms with van der Waals surface area (Å²) in [6.45, 7) is 8.01. The van der Waals surface area contributed by atoms with Gasteiger partial charge in [0.15, 0.2) is 0 Å². The Balaban J connectivity index is 3.93. The van der Waals surface area contributed by atoms with Crippen molar-refractivity contribution in [2.24, 2.45) is 17.8 Å². The lowest BCUT2D eigenvalue weighted by molar-refractivity contribution is 0.626.